The molecule has 5 nitrogen and oxygen atoms in total. The lowest BCUT2D eigenvalue weighted by molar-refractivity contribution is -0.120. The summed E-state index contributed by atoms with van der Waals surface area (Å²) >= 11 is 0. The highest BCUT2D eigenvalue weighted by Crippen LogP contribution is 2.05. The summed E-state index contributed by atoms with van der Waals surface area (Å²) in [5.41, 5.74) is 1.02. The molecule has 0 aliphatic carbocycles. The molecule has 0 aromatic carbocycles. The van der Waals surface area contributed by atoms with E-state index in [9.17, 15) is 4.79 Å². The van der Waals surface area contributed by atoms with E-state index in [1.54, 1.807) is 19.4 Å². The highest BCUT2D eigenvalue weighted by Gasteiger charge is 2.01. The fourth-order valence-corrected chi connectivity index (χ4v) is 1.52. The van der Waals surface area contributed by atoms with Crippen molar-refractivity contribution in [2.45, 2.75) is 26.8 Å². The van der Waals surface area contributed by atoms with E-state index in [2.05, 4.69) is 29.5 Å². The van der Waals surface area contributed by atoms with Crippen molar-refractivity contribution in [3.05, 3.63) is 23.9 Å². The molecule has 0 radical (unpaired) electrons. The van der Waals surface area contributed by atoms with Crippen LogP contribution in [-0.2, 0) is 11.3 Å². The Bertz CT molecular complexity index is 377. The molecule has 1 rings (SSSR count). The molecule has 1 heterocycles. The molecule has 1 aromatic heterocycles. The third-order valence-corrected chi connectivity index (χ3v) is 2.67. The molecule has 5 heteroatoms. The first kappa shape index (κ1) is 15.4. The first-order valence-electron chi connectivity index (χ1n) is 6.58. The van der Waals surface area contributed by atoms with Gasteiger partial charge in [-0.15, -0.1) is 0 Å². The molecule has 0 unspecified atom stereocenters. The summed E-state index contributed by atoms with van der Waals surface area (Å²) in [7, 11) is 1.59. The molecule has 19 heavy (non-hydrogen) atoms. The van der Waals surface area contributed by atoms with Crippen LogP contribution in [-0.4, -0.2) is 31.1 Å². The topological polar surface area (TPSA) is 63.2 Å². The number of amides is 1. The number of nitrogens with zero attached hydrogens (tertiary/aromatic N) is 1. The van der Waals surface area contributed by atoms with Crippen molar-refractivity contribution in [3.8, 4) is 5.88 Å². The van der Waals surface area contributed by atoms with E-state index < -0.39 is 0 Å². The zero-order valence-electron chi connectivity index (χ0n) is 11.9. The molecule has 0 fully saturated rings. The summed E-state index contributed by atoms with van der Waals surface area (Å²) in [5, 5.41) is 5.97. The molecule has 0 aliphatic rings. The number of methoxy groups -OCH3 is 1. The van der Waals surface area contributed by atoms with E-state index in [0.29, 0.717) is 24.9 Å². The summed E-state index contributed by atoms with van der Waals surface area (Å²) < 4.78 is 4.98. The number of ether oxygens (including phenoxy) is 1. The molecule has 1 aromatic rings. The molecule has 0 aliphatic heterocycles. The number of hydrogen-bond acceptors (Lipinski definition) is 4. The van der Waals surface area contributed by atoms with Gasteiger partial charge in [-0.2, -0.15) is 0 Å². The van der Waals surface area contributed by atoms with Crippen LogP contribution in [0.2, 0.25) is 0 Å². The molecule has 0 saturated carbocycles. The van der Waals surface area contributed by atoms with Crippen LogP contribution in [0.15, 0.2) is 18.3 Å². The lowest BCUT2D eigenvalue weighted by atomic mass is 10.1. The van der Waals surface area contributed by atoms with Gasteiger partial charge in [0.1, 0.15) is 0 Å². The Balaban J connectivity index is 2.16. The predicted molar refractivity (Wildman–Crippen MR) is 75.0 cm³/mol. The number of carbonyl (C=O) groups excluding carboxylic acids is 1. The Labute approximate surface area is 114 Å². The quantitative estimate of drug-likeness (QED) is 0.744. The smallest absolute Gasteiger partial charge is 0.233 e. The Morgan fingerprint density at radius 3 is 2.79 bits per heavy atom. The van der Waals surface area contributed by atoms with Crippen LogP contribution in [0.4, 0.5) is 0 Å². The van der Waals surface area contributed by atoms with Crippen LogP contribution in [0.25, 0.3) is 0 Å². The van der Waals surface area contributed by atoms with E-state index in [4.69, 9.17) is 4.74 Å². The zero-order chi connectivity index (χ0) is 14.1. The van der Waals surface area contributed by atoms with Crippen molar-refractivity contribution >= 4 is 5.91 Å². The van der Waals surface area contributed by atoms with Gasteiger partial charge in [0.25, 0.3) is 0 Å². The number of rotatable bonds is 8. The SMILES string of the molecule is COc1ccc(CNCC(=O)NCCC(C)C)cn1. The van der Waals surface area contributed by atoms with Gasteiger partial charge in [0.2, 0.25) is 11.8 Å². The van der Waals surface area contributed by atoms with Crippen LogP contribution in [0.1, 0.15) is 25.8 Å². The molecule has 0 spiro atoms. The minimum atomic E-state index is 0.0297. The molecular formula is C14H23N3O2. The van der Waals surface area contributed by atoms with Gasteiger partial charge in [-0.05, 0) is 17.9 Å². The largest absolute Gasteiger partial charge is 0.481 e. The van der Waals surface area contributed by atoms with Crippen LogP contribution in [0, 0.1) is 5.92 Å². The zero-order valence-corrected chi connectivity index (χ0v) is 11.9. The van der Waals surface area contributed by atoms with Crippen molar-refractivity contribution in [2.75, 3.05) is 20.2 Å². The fraction of sp³-hybridized carbons (Fsp3) is 0.571. The summed E-state index contributed by atoms with van der Waals surface area (Å²) in [6.07, 6.45) is 2.75. The van der Waals surface area contributed by atoms with Gasteiger partial charge in [0.05, 0.1) is 13.7 Å². The van der Waals surface area contributed by atoms with Crippen LogP contribution >= 0.6 is 0 Å². The molecule has 2 N–H and O–H groups in total. The summed E-state index contributed by atoms with van der Waals surface area (Å²) in [6.45, 7) is 5.96. The Morgan fingerprint density at radius 2 is 2.21 bits per heavy atom. The van der Waals surface area contributed by atoms with Gasteiger partial charge >= 0.3 is 0 Å². The summed E-state index contributed by atoms with van der Waals surface area (Å²) in [6, 6.07) is 3.73. The van der Waals surface area contributed by atoms with Gasteiger partial charge in [-0.25, -0.2) is 4.98 Å². The highest BCUT2D eigenvalue weighted by atomic mass is 16.5. The number of aromatic nitrogens is 1. The van der Waals surface area contributed by atoms with Gasteiger partial charge in [0, 0.05) is 25.4 Å². The second-order valence-corrected chi connectivity index (χ2v) is 4.84. The normalized spacial score (nSPS) is 10.5. The number of hydrogen-bond donors (Lipinski definition) is 2. The van der Waals surface area contributed by atoms with E-state index in [0.717, 1.165) is 18.5 Å². The first-order valence-corrected chi connectivity index (χ1v) is 6.58. The number of nitrogens with one attached hydrogen (secondary N) is 2. The third-order valence-electron chi connectivity index (χ3n) is 2.67. The Morgan fingerprint density at radius 1 is 1.42 bits per heavy atom. The Kier molecular flexibility index (Phi) is 6.89. The van der Waals surface area contributed by atoms with Crippen LogP contribution in [0.3, 0.4) is 0 Å². The minimum Gasteiger partial charge on any atom is -0.481 e. The standard InChI is InChI=1S/C14H23N3O2/c1-11(2)6-7-16-13(18)10-15-8-12-4-5-14(19-3)17-9-12/h4-5,9,11,15H,6-8,10H2,1-3H3,(H,16,18). The maximum Gasteiger partial charge on any atom is 0.233 e. The van der Waals surface area contributed by atoms with Crippen molar-refractivity contribution in [3.63, 3.8) is 0 Å². The van der Waals surface area contributed by atoms with Crippen LogP contribution in [0.5, 0.6) is 5.88 Å². The van der Waals surface area contributed by atoms with Crippen molar-refractivity contribution < 1.29 is 9.53 Å². The van der Waals surface area contributed by atoms with E-state index in [-0.39, 0.29) is 5.91 Å². The monoisotopic (exact) mass is 265 g/mol. The third kappa shape index (κ3) is 6.76. The molecular weight excluding hydrogens is 242 g/mol. The number of pyridine rings is 1. The van der Waals surface area contributed by atoms with Crippen molar-refractivity contribution in [1.29, 1.82) is 0 Å². The average molecular weight is 265 g/mol. The summed E-state index contributed by atoms with van der Waals surface area (Å²) in [5.74, 6) is 1.23. The molecule has 0 bridgehead atoms. The van der Waals surface area contributed by atoms with E-state index >= 15 is 0 Å². The van der Waals surface area contributed by atoms with Gasteiger partial charge in [0.15, 0.2) is 0 Å². The first-order chi connectivity index (χ1) is 9.11. The predicted octanol–water partition coefficient (Wildman–Crippen LogP) is 1.34. The van der Waals surface area contributed by atoms with E-state index in [1.165, 1.54) is 0 Å². The van der Waals surface area contributed by atoms with Gasteiger partial charge in [-0.3, -0.25) is 4.79 Å². The molecule has 106 valence electrons. The van der Waals surface area contributed by atoms with Crippen molar-refractivity contribution in [1.82, 2.24) is 15.6 Å². The van der Waals surface area contributed by atoms with Gasteiger partial charge < -0.3 is 15.4 Å². The van der Waals surface area contributed by atoms with E-state index in [1.807, 2.05) is 6.07 Å². The van der Waals surface area contributed by atoms with Gasteiger partial charge in [-0.1, -0.05) is 19.9 Å². The maximum absolute atomic E-state index is 11.5. The lowest BCUT2D eigenvalue weighted by Crippen LogP contribution is -2.34. The fourth-order valence-electron chi connectivity index (χ4n) is 1.52. The van der Waals surface area contributed by atoms with Crippen LogP contribution < -0.4 is 15.4 Å². The average Bonchev–Trinajstić information content (AvgIpc) is 2.39. The highest BCUT2D eigenvalue weighted by molar-refractivity contribution is 5.77. The molecule has 0 atom stereocenters. The second kappa shape index (κ2) is 8.48. The second-order valence-electron chi connectivity index (χ2n) is 4.84. The Hall–Kier alpha value is -1.62. The van der Waals surface area contributed by atoms with Crippen molar-refractivity contribution in [2.24, 2.45) is 5.92 Å². The lowest BCUT2D eigenvalue weighted by Gasteiger charge is -2.08. The minimum absolute atomic E-state index is 0.0297. The molecule has 0 saturated heterocycles. The maximum atomic E-state index is 11.5. The molecule has 1 amide bonds. The number of carbonyl (C=O) groups is 1. The summed E-state index contributed by atoms with van der Waals surface area (Å²) in [4.78, 5) is 15.6.